The van der Waals surface area contributed by atoms with Crippen LogP contribution in [-0.4, -0.2) is 22.0 Å². The largest absolute Gasteiger partial charge is 0.388 e. The number of hydrogen-bond acceptors (Lipinski definition) is 4. The predicted octanol–water partition coefficient (Wildman–Crippen LogP) is 3.49. The van der Waals surface area contributed by atoms with E-state index in [1.165, 1.54) is 18.2 Å². The second-order valence-electron chi connectivity index (χ2n) is 5.43. The third-order valence-corrected chi connectivity index (χ3v) is 3.86. The van der Waals surface area contributed by atoms with Crippen molar-refractivity contribution in [2.75, 3.05) is 0 Å². The average molecular weight is 349 g/mol. The minimum Gasteiger partial charge on any atom is -0.388 e. The topological polar surface area (TPSA) is 92.5 Å². The first-order valence-corrected chi connectivity index (χ1v) is 7.74. The van der Waals surface area contributed by atoms with Crippen LogP contribution in [0.25, 0.3) is 0 Å². The first-order chi connectivity index (χ1) is 11.4. The lowest BCUT2D eigenvalue weighted by atomic mass is 10.0. The minimum atomic E-state index is -0.740. The maximum atomic E-state index is 12.3. The lowest BCUT2D eigenvalue weighted by Crippen LogP contribution is -2.34. The quantitative estimate of drug-likeness (QED) is 0.617. The molecular formula is C17H17ClN2O4. The number of carbonyl (C=O) groups excluding carboxylic acids is 1. The molecule has 2 rings (SSSR count). The van der Waals surface area contributed by atoms with Gasteiger partial charge in [0.15, 0.2) is 0 Å². The van der Waals surface area contributed by atoms with Gasteiger partial charge < -0.3 is 10.4 Å². The second kappa shape index (κ2) is 7.90. The molecule has 2 atom stereocenters. The summed E-state index contributed by atoms with van der Waals surface area (Å²) in [4.78, 5) is 22.7. The molecule has 0 bridgehead atoms. The second-order valence-corrected chi connectivity index (χ2v) is 5.84. The summed E-state index contributed by atoms with van der Waals surface area (Å²) in [5, 5.41) is 23.8. The van der Waals surface area contributed by atoms with Crippen molar-refractivity contribution in [2.45, 2.75) is 25.5 Å². The van der Waals surface area contributed by atoms with Crippen LogP contribution >= 0.6 is 11.6 Å². The minimum absolute atomic E-state index is 0.0929. The summed E-state index contributed by atoms with van der Waals surface area (Å²) in [6, 6.07) is 12.9. The van der Waals surface area contributed by atoms with Crippen LogP contribution in [0.3, 0.4) is 0 Å². The Morgan fingerprint density at radius 1 is 1.25 bits per heavy atom. The summed E-state index contributed by atoms with van der Waals surface area (Å²) < 4.78 is 0. The molecule has 0 saturated carbocycles. The summed E-state index contributed by atoms with van der Waals surface area (Å²) >= 11 is 5.81. The molecule has 0 heterocycles. The zero-order chi connectivity index (χ0) is 17.7. The van der Waals surface area contributed by atoms with Gasteiger partial charge in [0.2, 0.25) is 0 Å². The number of nitro groups is 1. The molecule has 0 unspecified atom stereocenters. The van der Waals surface area contributed by atoms with Crippen LogP contribution in [0.4, 0.5) is 5.69 Å². The summed E-state index contributed by atoms with van der Waals surface area (Å²) in [6.07, 6.45) is -0.458. The zero-order valence-corrected chi connectivity index (χ0v) is 13.7. The van der Waals surface area contributed by atoms with Gasteiger partial charge in [-0.1, -0.05) is 48.0 Å². The average Bonchev–Trinajstić information content (AvgIpc) is 2.54. The van der Waals surface area contributed by atoms with Gasteiger partial charge in [0.1, 0.15) is 10.6 Å². The number of hydrogen-bond donors (Lipinski definition) is 2. The van der Waals surface area contributed by atoms with Gasteiger partial charge in [0, 0.05) is 6.04 Å². The fourth-order valence-corrected chi connectivity index (χ4v) is 2.63. The van der Waals surface area contributed by atoms with Crippen LogP contribution in [0.2, 0.25) is 5.02 Å². The summed E-state index contributed by atoms with van der Waals surface area (Å²) in [6.45, 7) is 1.72. The van der Waals surface area contributed by atoms with Crippen LogP contribution < -0.4 is 5.32 Å². The van der Waals surface area contributed by atoms with Crippen LogP contribution in [0.1, 0.15) is 35.4 Å². The number of rotatable bonds is 6. The lowest BCUT2D eigenvalue weighted by molar-refractivity contribution is -0.385. The van der Waals surface area contributed by atoms with Crippen LogP contribution in [-0.2, 0) is 0 Å². The van der Waals surface area contributed by atoms with Crippen LogP contribution in [0.5, 0.6) is 0 Å². The van der Waals surface area contributed by atoms with Gasteiger partial charge in [-0.15, -0.1) is 0 Å². The van der Waals surface area contributed by atoms with Gasteiger partial charge in [-0.2, -0.15) is 0 Å². The maximum absolute atomic E-state index is 12.3. The van der Waals surface area contributed by atoms with Crippen molar-refractivity contribution >= 4 is 23.2 Å². The number of carbonyl (C=O) groups is 1. The SMILES string of the molecule is C[C@@H](C[C@H](O)c1ccccc1)NC(=O)c1cccc(Cl)c1[N+](=O)[O-]. The molecule has 0 aliphatic carbocycles. The Morgan fingerprint density at radius 2 is 1.92 bits per heavy atom. The number of nitrogens with one attached hydrogen (secondary N) is 1. The van der Waals surface area contributed by atoms with E-state index < -0.39 is 22.6 Å². The molecule has 0 aromatic heterocycles. The van der Waals surface area contributed by atoms with E-state index in [0.717, 1.165) is 5.56 Å². The molecule has 2 N–H and O–H groups in total. The van der Waals surface area contributed by atoms with E-state index in [1.807, 2.05) is 18.2 Å². The van der Waals surface area contributed by atoms with Gasteiger partial charge in [-0.3, -0.25) is 14.9 Å². The van der Waals surface area contributed by atoms with Crippen molar-refractivity contribution in [2.24, 2.45) is 0 Å². The fraction of sp³-hybridized carbons (Fsp3) is 0.235. The van der Waals surface area contributed by atoms with Crippen molar-refractivity contribution < 1.29 is 14.8 Å². The Kier molecular flexibility index (Phi) is 5.89. The lowest BCUT2D eigenvalue weighted by Gasteiger charge is -2.18. The zero-order valence-electron chi connectivity index (χ0n) is 13.0. The molecule has 7 heteroatoms. The highest BCUT2D eigenvalue weighted by Crippen LogP contribution is 2.28. The van der Waals surface area contributed by atoms with Crippen LogP contribution in [0.15, 0.2) is 48.5 Å². The smallest absolute Gasteiger partial charge is 0.300 e. The van der Waals surface area contributed by atoms with E-state index in [9.17, 15) is 20.0 Å². The van der Waals surface area contributed by atoms with E-state index in [-0.39, 0.29) is 23.0 Å². The van der Waals surface area contributed by atoms with Crippen molar-refractivity contribution in [3.63, 3.8) is 0 Å². The van der Waals surface area contributed by atoms with Crippen molar-refractivity contribution in [3.8, 4) is 0 Å². The van der Waals surface area contributed by atoms with Gasteiger partial charge in [0.05, 0.1) is 11.0 Å². The van der Waals surface area contributed by atoms with Crippen molar-refractivity contribution in [3.05, 3.63) is 74.8 Å². The van der Waals surface area contributed by atoms with Gasteiger partial charge in [-0.25, -0.2) is 0 Å². The standard InChI is InChI=1S/C17H17ClN2O4/c1-11(10-15(21)12-6-3-2-4-7-12)19-17(22)13-8-5-9-14(18)16(13)20(23)24/h2-9,11,15,21H,10H2,1H3,(H,19,22)/t11-,15-/m0/s1. The summed E-state index contributed by atoms with van der Waals surface area (Å²) in [7, 11) is 0. The number of nitro benzene ring substituents is 1. The normalized spacial score (nSPS) is 13.1. The molecule has 0 aliphatic heterocycles. The Hall–Kier alpha value is -2.44. The molecule has 1 amide bonds. The predicted molar refractivity (Wildman–Crippen MR) is 91.1 cm³/mol. The van der Waals surface area contributed by atoms with E-state index in [0.29, 0.717) is 0 Å². The fourth-order valence-electron chi connectivity index (χ4n) is 2.39. The molecule has 0 spiro atoms. The highest BCUT2D eigenvalue weighted by Gasteiger charge is 2.25. The van der Waals surface area contributed by atoms with Gasteiger partial charge in [0.25, 0.3) is 5.91 Å². The molecule has 2 aromatic carbocycles. The number of halogens is 1. The molecule has 0 aliphatic rings. The first-order valence-electron chi connectivity index (χ1n) is 7.37. The van der Waals surface area contributed by atoms with E-state index in [1.54, 1.807) is 19.1 Å². The summed E-state index contributed by atoms with van der Waals surface area (Å²) in [5.41, 5.74) is 0.216. The van der Waals surface area contributed by atoms with E-state index >= 15 is 0 Å². The Labute approximate surface area is 144 Å². The number of amides is 1. The third-order valence-electron chi connectivity index (χ3n) is 3.55. The highest BCUT2D eigenvalue weighted by atomic mass is 35.5. The molecule has 126 valence electrons. The molecule has 2 aromatic rings. The Balaban J connectivity index is 2.07. The number of nitrogens with zero attached hydrogens (tertiary/aromatic N) is 1. The van der Waals surface area contributed by atoms with E-state index in [2.05, 4.69) is 5.32 Å². The number of benzene rings is 2. The van der Waals surface area contributed by atoms with Crippen molar-refractivity contribution in [1.29, 1.82) is 0 Å². The summed E-state index contributed by atoms with van der Waals surface area (Å²) in [5.74, 6) is -0.600. The number of aliphatic hydroxyl groups is 1. The molecule has 24 heavy (non-hydrogen) atoms. The maximum Gasteiger partial charge on any atom is 0.300 e. The molecule has 0 saturated heterocycles. The highest BCUT2D eigenvalue weighted by molar-refractivity contribution is 6.33. The Morgan fingerprint density at radius 3 is 2.54 bits per heavy atom. The molecular weight excluding hydrogens is 332 g/mol. The van der Waals surface area contributed by atoms with Gasteiger partial charge in [-0.05, 0) is 31.0 Å². The van der Waals surface area contributed by atoms with Gasteiger partial charge >= 0.3 is 5.69 Å². The molecule has 0 radical (unpaired) electrons. The molecule has 6 nitrogen and oxygen atoms in total. The Bertz CT molecular complexity index is 737. The molecule has 0 fully saturated rings. The van der Waals surface area contributed by atoms with Crippen molar-refractivity contribution in [1.82, 2.24) is 5.32 Å². The van der Waals surface area contributed by atoms with E-state index in [4.69, 9.17) is 11.6 Å². The first kappa shape index (κ1) is 17.9. The van der Waals surface area contributed by atoms with Crippen LogP contribution in [0, 0.1) is 10.1 Å². The number of aliphatic hydroxyl groups excluding tert-OH is 1. The number of para-hydroxylation sites is 1. The monoisotopic (exact) mass is 348 g/mol. The third kappa shape index (κ3) is 4.31.